The normalized spacial score (nSPS) is 25.6. The van der Waals surface area contributed by atoms with Crippen LogP contribution in [0.3, 0.4) is 0 Å². The van der Waals surface area contributed by atoms with Crippen LogP contribution in [-0.2, 0) is 30.4 Å². The minimum Gasteiger partial charge on any atom is -0.497 e. The van der Waals surface area contributed by atoms with Gasteiger partial charge in [0, 0.05) is 43.4 Å². The first-order valence-corrected chi connectivity index (χ1v) is 29.5. The molecular formula is C63H105N3O8. The summed E-state index contributed by atoms with van der Waals surface area (Å²) in [6.07, 6.45) is 22.2. The Kier molecular flexibility index (Phi) is 22.3. The van der Waals surface area contributed by atoms with Crippen LogP contribution in [0.4, 0.5) is 9.59 Å². The van der Waals surface area contributed by atoms with Gasteiger partial charge < -0.3 is 34.5 Å². The van der Waals surface area contributed by atoms with Crippen molar-refractivity contribution in [1.29, 1.82) is 0 Å². The zero-order valence-corrected chi connectivity index (χ0v) is 49.2. The summed E-state index contributed by atoms with van der Waals surface area (Å²) in [5.41, 5.74) is 1.45. The van der Waals surface area contributed by atoms with E-state index in [1.54, 1.807) is 7.11 Å². The standard InChI is InChI=1S/C63H105N3O8/c1-15-47(44(2)3)27-24-45(4)52-32-33-53-51-31-28-48-42-50(34-37-62(48,12)54(51)35-38-63(52,53)13)73-56(68)23-21-22-55(67)66(41-39-61(10,11)65-58(70)74-59(5,6)7)40-20-18-16-17-19-36-60(8,9)64-57(69)72-43-46-25-29-49(71-14)30-26-46/h25-26,28-30,44-45,47,50-54H,15-24,27,31-43H2,1-14H3,(H,64,69)(H,65,70)/t45-,47-,50+,51+,52?,53?,54?,62+,63-/m1/s1. The van der Waals surface area contributed by atoms with Crippen LogP contribution in [0.5, 0.6) is 5.75 Å². The van der Waals surface area contributed by atoms with Gasteiger partial charge in [0.1, 0.15) is 24.1 Å². The molecule has 0 aliphatic heterocycles. The van der Waals surface area contributed by atoms with Crippen molar-refractivity contribution in [1.82, 2.24) is 15.5 Å². The van der Waals surface area contributed by atoms with Crippen molar-refractivity contribution in [2.24, 2.45) is 52.3 Å². The smallest absolute Gasteiger partial charge is 0.408 e. The van der Waals surface area contributed by atoms with Gasteiger partial charge in [-0.15, -0.1) is 0 Å². The summed E-state index contributed by atoms with van der Waals surface area (Å²) in [4.78, 5) is 54.5. The maximum atomic E-state index is 13.9. The van der Waals surface area contributed by atoms with E-state index in [4.69, 9.17) is 18.9 Å². The number of hydrogen-bond acceptors (Lipinski definition) is 8. The molecule has 0 aromatic heterocycles. The van der Waals surface area contributed by atoms with Gasteiger partial charge in [-0.1, -0.05) is 104 Å². The van der Waals surface area contributed by atoms with E-state index in [-0.39, 0.29) is 42.8 Å². The highest BCUT2D eigenvalue weighted by atomic mass is 16.6. The highest BCUT2D eigenvalue weighted by Gasteiger charge is 2.59. The fourth-order valence-corrected chi connectivity index (χ4v) is 14.2. The molecule has 420 valence electrons. The second kappa shape index (κ2) is 27.0. The molecule has 74 heavy (non-hydrogen) atoms. The van der Waals surface area contributed by atoms with Gasteiger partial charge in [0.15, 0.2) is 0 Å². The second-order valence-corrected chi connectivity index (χ2v) is 26.8. The number of benzene rings is 1. The monoisotopic (exact) mass is 1030 g/mol. The number of unbranched alkanes of at least 4 members (excludes halogenated alkanes) is 4. The summed E-state index contributed by atoms with van der Waals surface area (Å²) < 4.78 is 22.4. The minimum absolute atomic E-state index is 0.0239. The third kappa shape index (κ3) is 17.6. The number of allylic oxidation sites excluding steroid dienone is 1. The Morgan fingerprint density at radius 1 is 0.757 bits per heavy atom. The first-order chi connectivity index (χ1) is 34.8. The Morgan fingerprint density at radius 3 is 2.11 bits per heavy atom. The lowest BCUT2D eigenvalue weighted by Crippen LogP contribution is -2.51. The predicted octanol–water partition coefficient (Wildman–Crippen LogP) is 15.3. The fourth-order valence-electron chi connectivity index (χ4n) is 14.2. The van der Waals surface area contributed by atoms with Crippen molar-refractivity contribution in [3.63, 3.8) is 0 Å². The van der Waals surface area contributed by atoms with E-state index in [0.717, 1.165) is 111 Å². The minimum atomic E-state index is -0.615. The van der Waals surface area contributed by atoms with Crippen LogP contribution < -0.4 is 15.4 Å². The molecule has 3 fully saturated rings. The van der Waals surface area contributed by atoms with Crippen molar-refractivity contribution in [3.05, 3.63) is 41.5 Å². The maximum Gasteiger partial charge on any atom is 0.408 e. The van der Waals surface area contributed by atoms with Gasteiger partial charge in [-0.05, 0) is 195 Å². The number of nitrogens with zero attached hydrogens (tertiary/aromatic N) is 1. The Labute approximate surface area is 449 Å². The van der Waals surface area contributed by atoms with Gasteiger partial charge >= 0.3 is 18.2 Å². The van der Waals surface area contributed by atoms with Crippen LogP contribution in [0.1, 0.15) is 230 Å². The number of carbonyl (C=O) groups is 4. The molecule has 3 amide bonds. The largest absolute Gasteiger partial charge is 0.497 e. The molecule has 0 heterocycles. The summed E-state index contributed by atoms with van der Waals surface area (Å²) in [7, 11) is 1.62. The SMILES string of the molecule is CC[C@H](CC[C@@H](C)C1CCC2[C@@H]3CC=C4C[C@@H](OC(=O)CCCC(=O)N(CCCCCCCC(C)(C)NC(=O)OCc5ccc(OC)cc5)CCC(C)(C)NC(=O)OC(C)(C)C)CC[C@]4(C)C3CC[C@@]21C)C(C)C. The van der Waals surface area contributed by atoms with Crippen molar-refractivity contribution in [2.45, 2.75) is 254 Å². The fraction of sp³-hybridized carbons (Fsp3) is 0.810. The van der Waals surface area contributed by atoms with Gasteiger partial charge in [0.05, 0.1) is 7.11 Å². The van der Waals surface area contributed by atoms with Crippen molar-refractivity contribution < 1.29 is 38.1 Å². The lowest BCUT2D eigenvalue weighted by atomic mass is 9.47. The Bertz CT molecular complexity index is 1990. The highest BCUT2D eigenvalue weighted by molar-refractivity contribution is 5.77. The van der Waals surface area contributed by atoms with E-state index in [9.17, 15) is 19.2 Å². The lowest BCUT2D eigenvalue weighted by Gasteiger charge is -2.58. The van der Waals surface area contributed by atoms with Crippen LogP contribution in [0.2, 0.25) is 0 Å². The van der Waals surface area contributed by atoms with Gasteiger partial charge in [0.25, 0.3) is 0 Å². The number of hydrogen-bond donors (Lipinski definition) is 2. The number of methoxy groups -OCH3 is 1. The number of rotatable bonds is 27. The van der Waals surface area contributed by atoms with E-state index >= 15 is 0 Å². The van der Waals surface area contributed by atoms with E-state index in [1.165, 1.54) is 56.9 Å². The maximum absolute atomic E-state index is 13.9. The molecule has 11 heteroatoms. The number of alkyl carbamates (subject to hydrolysis) is 2. The molecule has 3 unspecified atom stereocenters. The molecule has 3 saturated carbocycles. The number of nitrogens with one attached hydrogen (secondary N) is 2. The summed E-state index contributed by atoms with van der Waals surface area (Å²) >= 11 is 0. The average molecular weight is 1030 g/mol. The zero-order chi connectivity index (χ0) is 54.5. The Balaban J connectivity index is 1.06. The van der Waals surface area contributed by atoms with Crippen LogP contribution in [0.15, 0.2) is 35.9 Å². The molecule has 1 aromatic rings. The summed E-state index contributed by atoms with van der Waals surface area (Å²) in [6, 6.07) is 7.45. The number of fused-ring (bicyclic) bond motifs is 5. The van der Waals surface area contributed by atoms with Crippen LogP contribution in [0.25, 0.3) is 0 Å². The molecule has 11 nitrogen and oxygen atoms in total. The Morgan fingerprint density at radius 2 is 1.43 bits per heavy atom. The van der Waals surface area contributed by atoms with Crippen LogP contribution >= 0.6 is 0 Å². The molecule has 4 aliphatic carbocycles. The molecule has 4 aliphatic rings. The molecule has 9 atom stereocenters. The number of esters is 1. The third-order valence-electron chi connectivity index (χ3n) is 18.7. The number of carbonyl (C=O) groups excluding carboxylic acids is 4. The third-order valence-corrected chi connectivity index (χ3v) is 18.7. The first kappa shape index (κ1) is 61.1. The molecule has 0 saturated heterocycles. The predicted molar refractivity (Wildman–Crippen MR) is 299 cm³/mol. The van der Waals surface area contributed by atoms with Crippen molar-refractivity contribution >= 4 is 24.1 Å². The van der Waals surface area contributed by atoms with Crippen LogP contribution in [-0.4, -0.2) is 71.9 Å². The molecule has 1 aromatic carbocycles. The lowest BCUT2D eigenvalue weighted by molar-refractivity contribution is -0.151. The molecule has 0 radical (unpaired) electrons. The topological polar surface area (TPSA) is 132 Å². The molecule has 2 N–H and O–H groups in total. The average Bonchev–Trinajstić information content (AvgIpc) is 3.68. The molecule has 0 bridgehead atoms. The molecule has 0 spiro atoms. The second-order valence-electron chi connectivity index (χ2n) is 26.8. The highest BCUT2D eigenvalue weighted by Crippen LogP contribution is 2.67. The van der Waals surface area contributed by atoms with Crippen LogP contribution in [0, 0.1) is 52.3 Å². The van der Waals surface area contributed by atoms with Gasteiger partial charge in [-0.2, -0.15) is 0 Å². The number of amides is 3. The van der Waals surface area contributed by atoms with Gasteiger partial charge in [-0.3, -0.25) is 9.59 Å². The quantitative estimate of drug-likeness (QED) is 0.0385. The van der Waals surface area contributed by atoms with Crippen molar-refractivity contribution in [3.8, 4) is 5.75 Å². The van der Waals surface area contributed by atoms with Gasteiger partial charge in [0.2, 0.25) is 5.91 Å². The zero-order valence-electron chi connectivity index (χ0n) is 49.2. The van der Waals surface area contributed by atoms with E-state index in [0.29, 0.717) is 31.3 Å². The first-order valence-electron chi connectivity index (χ1n) is 29.5. The van der Waals surface area contributed by atoms with E-state index in [2.05, 4.69) is 58.3 Å². The Hall–Kier alpha value is -3.76. The van der Waals surface area contributed by atoms with Crippen molar-refractivity contribution in [2.75, 3.05) is 20.2 Å². The molecular weight excluding hydrogens is 927 g/mol. The molecule has 5 rings (SSSR count). The van der Waals surface area contributed by atoms with E-state index < -0.39 is 28.9 Å². The summed E-state index contributed by atoms with van der Waals surface area (Å²) in [5.74, 6) is 6.16. The van der Waals surface area contributed by atoms with Gasteiger partial charge in [-0.25, -0.2) is 9.59 Å². The van der Waals surface area contributed by atoms with E-state index in [1.807, 2.05) is 77.6 Å². The number of ether oxygens (including phenoxy) is 4. The summed E-state index contributed by atoms with van der Waals surface area (Å²) in [6.45, 7) is 29.7. The summed E-state index contributed by atoms with van der Waals surface area (Å²) in [5, 5.41) is 6.01.